The fraction of sp³-hybridized carbons (Fsp3) is 0.250. The molecule has 0 saturated heterocycles. The van der Waals surface area contributed by atoms with E-state index < -0.39 is 23.5 Å². The highest BCUT2D eigenvalue weighted by atomic mass is 19.1. The molecule has 1 aromatic rings. The Bertz CT molecular complexity index is 542. The highest BCUT2D eigenvalue weighted by molar-refractivity contribution is 6.24. The Morgan fingerprint density at radius 3 is 2.67 bits per heavy atom. The van der Waals surface area contributed by atoms with Gasteiger partial charge in [-0.3, -0.25) is 9.59 Å². The summed E-state index contributed by atoms with van der Waals surface area (Å²) in [5.74, 6) is -2.51. The lowest BCUT2D eigenvalue weighted by Crippen LogP contribution is -2.35. The van der Waals surface area contributed by atoms with Crippen LogP contribution < -0.4 is 5.32 Å². The molecule has 94 valence electrons. The van der Waals surface area contributed by atoms with Crippen molar-refractivity contribution in [1.82, 2.24) is 5.01 Å². The fourth-order valence-corrected chi connectivity index (χ4v) is 1.78. The van der Waals surface area contributed by atoms with Crippen molar-refractivity contribution in [3.63, 3.8) is 0 Å². The van der Waals surface area contributed by atoms with Crippen LogP contribution in [0.2, 0.25) is 0 Å². The first-order valence-corrected chi connectivity index (χ1v) is 5.39. The standard InChI is InChI=1S/C12H12FN3O2/c1-7-10(12(18)16(2)15-7)11(17)14-9-6-4-3-5-8(9)13/h3-6,10H,1-2H3,(H,14,17). The molecule has 6 heteroatoms. The van der Waals surface area contributed by atoms with E-state index in [1.165, 1.54) is 25.2 Å². The van der Waals surface area contributed by atoms with Gasteiger partial charge in [0.1, 0.15) is 5.82 Å². The molecule has 2 rings (SSSR count). The van der Waals surface area contributed by atoms with Crippen molar-refractivity contribution in [3.8, 4) is 0 Å². The zero-order valence-corrected chi connectivity index (χ0v) is 9.98. The number of rotatable bonds is 2. The summed E-state index contributed by atoms with van der Waals surface area (Å²) in [4.78, 5) is 23.6. The minimum Gasteiger partial charge on any atom is -0.323 e. The van der Waals surface area contributed by atoms with Crippen molar-refractivity contribution in [3.05, 3.63) is 30.1 Å². The number of nitrogens with zero attached hydrogens (tertiary/aromatic N) is 2. The van der Waals surface area contributed by atoms with Gasteiger partial charge in [0, 0.05) is 7.05 Å². The molecular weight excluding hydrogens is 237 g/mol. The second-order valence-electron chi connectivity index (χ2n) is 4.01. The maximum absolute atomic E-state index is 13.4. The van der Waals surface area contributed by atoms with Gasteiger partial charge in [-0.05, 0) is 19.1 Å². The molecule has 0 spiro atoms. The Kier molecular flexibility index (Phi) is 3.10. The van der Waals surface area contributed by atoms with Crippen LogP contribution in [0.1, 0.15) is 6.92 Å². The highest BCUT2D eigenvalue weighted by Crippen LogP contribution is 2.18. The van der Waals surface area contributed by atoms with Gasteiger partial charge >= 0.3 is 0 Å². The van der Waals surface area contributed by atoms with Crippen molar-refractivity contribution in [2.24, 2.45) is 11.0 Å². The van der Waals surface area contributed by atoms with E-state index in [2.05, 4.69) is 10.4 Å². The Morgan fingerprint density at radius 1 is 1.44 bits per heavy atom. The van der Waals surface area contributed by atoms with E-state index in [1.807, 2.05) is 0 Å². The summed E-state index contributed by atoms with van der Waals surface area (Å²) in [5.41, 5.74) is 0.453. The van der Waals surface area contributed by atoms with E-state index in [0.29, 0.717) is 5.71 Å². The minimum absolute atomic E-state index is 0.0534. The molecule has 0 saturated carbocycles. The summed E-state index contributed by atoms with van der Waals surface area (Å²) in [6.07, 6.45) is 0. The highest BCUT2D eigenvalue weighted by Gasteiger charge is 2.37. The van der Waals surface area contributed by atoms with Gasteiger partial charge in [0.25, 0.3) is 5.91 Å². The van der Waals surface area contributed by atoms with Crippen LogP contribution in [0.3, 0.4) is 0 Å². The van der Waals surface area contributed by atoms with Gasteiger partial charge in [-0.25, -0.2) is 9.40 Å². The number of amides is 2. The van der Waals surface area contributed by atoms with E-state index in [-0.39, 0.29) is 5.69 Å². The third-order valence-electron chi connectivity index (χ3n) is 2.69. The summed E-state index contributed by atoms with van der Waals surface area (Å²) >= 11 is 0. The second-order valence-corrected chi connectivity index (χ2v) is 4.01. The number of benzene rings is 1. The van der Waals surface area contributed by atoms with Crippen LogP contribution in [0.5, 0.6) is 0 Å². The normalized spacial score (nSPS) is 18.8. The molecule has 1 aromatic carbocycles. The maximum Gasteiger partial charge on any atom is 0.260 e. The zero-order valence-electron chi connectivity index (χ0n) is 9.98. The first-order valence-electron chi connectivity index (χ1n) is 5.39. The first kappa shape index (κ1) is 12.2. The molecule has 0 aromatic heterocycles. The summed E-state index contributed by atoms with van der Waals surface area (Å²) in [5, 5.41) is 7.39. The monoisotopic (exact) mass is 249 g/mol. The van der Waals surface area contributed by atoms with Crippen molar-refractivity contribution in [1.29, 1.82) is 0 Å². The van der Waals surface area contributed by atoms with Crippen LogP contribution >= 0.6 is 0 Å². The summed E-state index contributed by atoms with van der Waals surface area (Å²) in [7, 11) is 1.47. The Labute approximate surface area is 103 Å². The molecular formula is C12H12FN3O2. The predicted molar refractivity (Wildman–Crippen MR) is 64.4 cm³/mol. The molecule has 1 heterocycles. The van der Waals surface area contributed by atoms with Crippen molar-refractivity contribution >= 4 is 23.2 Å². The van der Waals surface area contributed by atoms with Crippen molar-refractivity contribution in [2.45, 2.75) is 6.92 Å². The second kappa shape index (κ2) is 4.56. The number of anilines is 1. The summed E-state index contributed by atoms with van der Waals surface area (Å²) < 4.78 is 13.4. The van der Waals surface area contributed by atoms with Crippen LogP contribution in [0.15, 0.2) is 29.4 Å². The Morgan fingerprint density at radius 2 is 2.11 bits per heavy atom. The average molecular weight is 249 g/mol. The molecule has 0 fully saturated rings. The van der Waals surface area contributed by atoms with E-state index in [1.54, 1.807) is 13.0 Å². The summed E-state index contributed by atoms with van der Waals surface area (Å²) in [6, 6.07) is 5.79. The number of nitrogens with one attached hydrogen (secondary N) is 1. The van der Waals surface area contributed by atoms with E-state index >= 15 is 0 Å². The van der Waals surface area contributed by atoms with E-state index in [9.17, 15) is 14.0 Å². The number of carbonyl (C=O) groups excluding carboxylic acids is 2. The molecule has 2 amide bonds. The molecule has 18 heavy (non-hydrogen) atoms. The van der Waals surface area contributed by atoms with Crippen LogP contribution in [-0.2, 0) is 9.59 Å². The lowest BCUT2D eigenvalue weighted by molar-refractivity contribution is -0.134. The summed E-state index contributed by atoms with van der Waals surface area (Å²) in [6.45, 7) is 1.59. The maximum atomic E-state index is 13.4. The van der Waals surface area contributed by atoms with Crippen molar-refractivity contribution < 1.29 is 14.0 Å². The van der Waals surface area contributed by atoms with Gasteiger partial charge in [0.2, 0.25) is 5.91 Å². The largest absolute Gasteiger partial charge is 0.323 e. The van der Waals surface area contributed by atoms with Gasteiger partial charge in [0.15, 0.2) is 5.92 Å². The first-order chi connectivity index (χ1) is 8.50. The number of carbonyl (C=O) groups is 2. The average Bonchev–Trinajstić information content (AvgIpc) is 2.56. The van der Waals surface area contributed by atoms with Crippen LogP contribution in [0.25, 0.3) is 0 Å². The Hall–Kier alpha value is -2.24. The molecule has 1 unspecified atom stereocenters. The Balaban J connectivity index is 2.17. The third kappa shape index (κ3) is 2.09. The van der Waals surface area contributed by atoms with Crippen LogP contribution in [0.4, 0.5) is 10.1 Å². The molecule has 0 bridgehead atoms. The fourth-order valence-electron chi connectivity index (χ4n) is 1.78. The van der Waals surface area contributed by atoms with Gasteiger partial charge in [-0.15, -0.1) is 0 Å². The van der Waals surface area contributed by atoms with Gasteiger partial charge in [-0.2, -0.15) is 5.10 Å². The molecule has 1 N–H and O–H groups in total. The van der Waals surface area contributed by atoms with E-state index in [4.69, 9.17) is 0 Å². The topological polar surface area (TPSA) is 61.8 Å². The lowest BCUT2D eigenvalue weighted by Gasteiger charge is -2.11. The number of hydrogen-bond acceptors (Lipinski definition) is 3. The van der Waals surface area contributed by atoms with Crippen molar-refractivity contribution in [2.75, 3.05) is 12.4 Å². The van der Waals surface area contributed by atoms with Gasteiger partial charge in [0.05, 0.1) is 11.4 Å². The third-order valence-corrected chi connectivity index (χ3v) is 2.69. The predicted octanol–water partition coefficient (Wildman–Crippen LogP) is 1.23. The SMILES string of the molecule is CC1=NN(C)C(=O)C1C(=O)Nc1ccccc1F. The molecule has 5 nitrogen and oxygen atoms in total. The van der Waals surface area contributed by atoms with Gasteiger partial charge in [-0.1, -0.05) is 12.1 Å². The smallest absolute Gasteiger partial charge is 0.260 e. The lowest BCUT2D eigenvalue weighted by atomic mass is 10.0. The number of hydrogen-bond donors (Lipinski definition) is 1. The zero-order chi connectivity index (χ0) is 13.3. The number of para-hydroxylation sites is 1. The molecule has 1 atom stereocenters. The van der Waals surface area contributed by atoms with Crippen LogP contribution in [0, 0.1) is 11.7 Å². The van der Waals surface area contributed by atoms with Gasteiger partial charge < -0.3 is 5.32 Å². The van der Waals surface area contributed by atoms with Crippen LogP contribution in [-0.4, -0.2) is 29.6 Å². The number of halogens is 1. The molecule has 1 aliphatic rings. The molecule has 0 aliphatic carbocycles. The van der Waals surface area contributed by atoms with E-state index in [0.717, 1.165) is 5.01 Å². The minimum atomic E-state index is -0.977. The quantitative estimate of drug-likeness (QED) is 0.801. The molecule has 1 aliphatic heterocycles. The molecule has 0 radical (unpaired) electrons. The number of hydrazone groups is 1.